The lowest BCUT2D eigenvalue weighted by atomic mass is 10.1. The molecule has 0 spiro atoms. The van der Waals surface area contributed by atoms with Gasteiger partial charge in [-0.15, -0.1) is 0 Å². The summed E-state index contributed by atoms with van der Waals surface area (Å²) in [5, 5.41) is 0. The number of allylic oxidation sites excluding steroid dienone is 8. The predicted molar refractivity (Wildman–Crippen MR) is 50.8 cm³/mol. The molecule has 0 bridgehead atoms. The highest BCUT2D eigenvalue weighted by Gasteiger charge is 1.90. The summed E-state index contributed by atoms with van der Waals surface area (Å²) in [6.07, 6.45) is 14.4. The van der Waals surface area contributed by atoms with Crippen molar-refractivity contribution < 1.29 is 4.79 Å². The Kier molecular flexibility index (Phi) is 3.27. The Balaban J connectivity index is 2.53. The Labute approximate surface area is 72.8 Å². The molecule has 1 nitrogen and oxygen atoms in total. The van der Waals surface area contributed by atoms with Crippen LogP contribution in [0.15, 0.2) is 48.1 Å². The first-order valence-corrected chi connectivity index (χ1v) is 4.00. The van der Waals surface area contributed by atoms with Gasteiger partial charge in [-0.3, -0.25) is 4.79 Å². The van der Waals surface area contributed by atoms with E-state index in [-0.39, 0.29) is 5.78 Å². The second kappa shape index (κ2) is 4.50. The molecule has 0 aromatic heterocycles. The fraction of sp³-hybridized carbons (Fsp3) is 0.182. The maximum absolute atomic E-state index is 10.5. The number of rotatable bonds is 2. The fourth-order valence-electron chi connectivity index (χ4n) is 0.961. The molecule has 0 saturated heterocycles. The summed E-state index contributed by atoms with van der Waals surface area (Å²) < 4.78 is 0. The van der Waals surface area contributed by atoms with E-state index in [1.54, 1.807) is 19.1 Å². The minimum absolute atomic E-state index is 0.0854. The van der Waals surface area contributed by atoms with Crippen LogP contribution in [0.25, 0.3) is 0 Å². The highest BCUT2D eigenvalue weighted by atomic mass is 16.1. The van der Waals surface area contributed by atoms with Crippen molar-refractivity contribution in [2.45, 2.75) is 13.3 Å². The van der Waals surface area contributed by atoms with Crippen LogP contribution < -0.4 is 0 Å². The van der Waals surface area contributed by atoms with Gasteiger partial charge < -0.3 is 0 Å². The quantitative estimate of drug-likeness (QED) is 0.567. The molecule has 0 atom stereocenters. The topological polar surface area (TPSA) is 17.1 Å². The molecular formula is C11H12O. The predicted octanol–water partition coefficient (Wildman–Crippen LogP) is 2.57. The standard InChI is InChI=1S/C11H12O/c1-10(12)6-5-9-11-7-3-2-4-8-11/h2-7,9H,8H2,1H3/b6-5-,11-9-. The molecule has 12 heavy (non-hydrogen) atoms. The van der Waals surface area contributed by atoms with Crippen LogP contribution in [0.2, 0.25) is 0 Å². The number of carbonyl (C=O) groups excluding carboxylic acids is 1. The smallest absolute Gasteiger partial charge is 0.152 e. The van der Waals surface area contributed by atoms with Gasteiger partial charge in [0, 0.05) is 0 Å². The zero-order valence-corrected chi connectivity index (χ0v) is 7.16. The van der Waals surface area contributed by atoms with Crippen LogP contribution in [0.4, 0.5) is 0 Å². The van der Waals surface area contributed by atoms with Crippen LogP contribution in [-0.2, 0) is 4.79 Å². The van der Waals surface area contributed by atoms with Crippen molar-refractivity contribution in [2.24, 2.45) is 0 Å². The normalized spacial score (nSPS) is 19.2. The van der Waals surface area contributed by atoms with Crippen molar-refractivity contribution in [3.05, 3.63) is 48.1 Å². The van der Waals surface area contributed by atoms with E-state index in [2.05, 4.69) is 6.08 Å². The maximum Gasteiger partial charge on any atom is 0.152 e. The van der Waals surface area contributed by atoms with Gasteiger partial charge in [0.2, 0.25) is 0 Å². The third kappa shape index (κ3) is 3.15. The summed E-state index contributed by atoms with van der Waals surface area (Å²) in [4.78, 5) is 10.5. The third-order valence-electron chi connectivity index (χ3n) is 1.55. The average Bonchev–Trinajstić information content (AvgIpc) is 2.05. The van der Waals surface area contributed by atoms with E-state index in [9.17, 15) is 4.79 Å². The number of hydrogen-bond acceptors (Lipinski definition) is 1. The molecule has 0 radical (unpaired) electrons. The molecule has 0 unspecified atom stereocenters. The van der Waals surface area contributed by atoms with E-state index in [1.807, 2.05) is 24.3 Å². The van der Waals surface area contributed by atoms with Crippen molar-refractivity contribution in [2.75, 3.05) is 0 Å². The zero-order chi connectivity index (χ0) is 8.81. The van der Waals surface area contributed by atoms with Crippen LogP contribution in [-0.4, -0.2) is 5.78 Å². The number of carbonyl (C=O) groups is 1. The number of hydrogen-bond donors (Lipinski definition) is 0. The second-order valence-corrected chi connectivity index (χ2v) is 2.70. The zero-order valence-electron chi connectivity index (χ0n) is 7.16. The molecule has 62 valence electrons. The average molecular weight is 160 g/mol. The van der Waals surface area contributed by atoms with E-state index >= 15 is 0 Å². The molecule has 0 aromatic rings. The van der Waals surface area contributed by atoms with Crippen LogP contribution >= 0.6 is 0 Å². The Hall–Kier alpha value is -1.37. The SMILES string of the molecule is CC(=O)/C=C\C=C1\C=CC=CC1. The highest BCUT2D eigenvalue weighted by Crippen LogP contribution is 2.09. The molecule has 0 aliphatic heterocycles. The Morgan fingerprint density at radius 2 is 2.33 bits per heavy atom. The first-order valence-electron chi connectivity index (χ1n) is 4.00. The molecule has 1 aliphatic carbocycles. The molecule has 0 saturated carbocycles. The molecule has 0 amide bonds. The molecule has 0 N–H and O–H groups in total. The van der Waals surface area contributed by atoms with E-state index in [1.165, 1.54) is 5.57 Å². The lowest BCUT2D eigenvalue weighted by Crippen LogP contribution is -1.81. The fourth-order valence-corrected chi connectivity index (χ4v) is 0.961. The monoisotopic (exact) mass is 160 g/mol. The second-order valence-electron chi connectivity index (χ2n) is 2.70. The van der Waals surface area contributed by atoms with E-state index in [4.69, 9.17) is 0 Å². The van der Waals surface area contributed by atoms with Crippen LogP contribution in [0.3, 0.4) is 0 Å². The van der Waals surface area contributed by atoms with Gasteiger partial charge in [-0.25, -0.2) is 0 Å². The van der Waals surface area contributed by atoms with Gasteiger partial charge in [0.05, 0.1) is 0 Å². The van der Waals surface area contributed by atoms with Crippen molar-refractivity contribution >= 4 is 5.78 Å². The van der Waals surface area contributed by atoms with Gasteiger partial charge in [-0.1, -0.05) is 36.5 Å². The lowest BCUT2D eigenvalue weighted by Gasteiger charge is -1.98. The minimum Gasteiger partial charge on any atom is -0.295 e. The van der Waals surface area contributed by atoms with Crippen LogP contribution in [0.5, 0.6) is 0 Å². The molecule has 1 heteroatoms. The van der Waals surface area contributed by atoms with Crippen molar-refractivity contribution in [1.29, 1.82) is 0 Å². The first kappa shape index (κ1) is 8.72. The summed E-state index contributed by atoms with van der Waals surface area (Å²) in [5.41, 5.74) is 1.23. The van der Waals surface area contributed by atoms with E-state index in [0.29, 0.717) is 0 Å². The molecule has 0 heterocycles. The van der Waals surface area contributed by atoms with Gasteiger partial charge in [0.1, 0.15) is 0 Å². The summed E-state index contributed by atoms with van der Waals surface area (Å²) >= 11 is 0. The summed E-state index contributed by atoms with van der Waals surface area (Å²) in [6.45, 7) is 1.55. The van der Waals surface area contributed by atoms with E-state index in [0.717, 1.165) is 6.42 Å². The van der Waals surface area contributed by atoms with Crippen molar-refractivity contribution in [3.63, 3.8) is 0 Å². The third-order valence-corrected chi connectivity index (χ3v) is 1.55. The molecule has 0 aromatic carbocycles. The Morgan fingerprint density at radius 1 is 1.50 bits per heavy atom. The maximum atomic E-state index is 10.5. The molecule has 0 fully saturated rings. The number of ketones is 1. The first-order chi connectivity index (χ1) is 5.79. The van der Waals surface area contributed by atoms with Gasteiger partial charge in [-0.2, -0.15) is 0 Å². The summed E-state index contributed by atoms with van der Waals surface area (Å²) in [5.74, 6) is 0.0854. The van der Waals surface area contributed by atoms with Crippen LogP contribution in [0.1, 0.15) is 13.3 Å². The molecule has 1 aliphatic rings. The minimum atomic E-state index is 0.0854. The summed E-state index contributed by atoms with van der Waals surface area (Å²) in [6, 6.07) is 0. The van der Waals surface area contributed by atoms with Crippen molar-refractivity contribution in [1.82, 2.24) is 0 Å². The molecular weight excluding hydrogens is 148 g/mol. The van der Waals surface area contributed by atoms with Gasteiger partial charge in [0.15, 0.2) is 5.78 Å². The Morgan fingerprint density at radius 3 is 2.92 bits per heavy atom. The van der Waals surface area contributed by atoms with Gasteiger partial charge >= 0.3 is 0 Å². The Bertz CT molecular complexity index is 277. The summed E-state index contributed by atoms with van der Waals surface area (Å²) in [7, 11) is 0. The van der Waals surface area contributed by atoms with Gasteiger partial charge in [0.25, 0.3) is 0 Å². The van der Waals surface area contributed by atoms with Crippen LogP contribution in [0, 0.1) is 0 Å². The van der Waals surface area contributed by atoms with Gasteiger partial charge in [-0.05, 0) is 25.0 Å². The lowest BCUT2D eigenvalue weighted by molar-refractivity contribution is -0.112. The highest BCUT2D eigenvalue weighted by molar-refractivity contribution is 5.87. The largest absolute Gasteiger partial charge is 0.295 e. The van der Waals surface area contributed by atoms with E-state index < -0.39 is 0 Å². The van der Waals surface area contributed by atoms with Crippen molar-refractivity contribution in [3.8, 4) is 0 Å². The molecule has 1 rings (SSSR count).